The molecular weight excluding hydrogens is 645 g/mol. The van der Waals surface area contributed by atoms with Crippen LogP contribution in [0.4, 0.5) is 10.1 Å². The van der Waals surface area contributed by atoms with Gasteiger partial charge in [-0.05, 0) is 97.7 Å². The maximum Gasteiger partial charge on any atom is 0.260 e. The van der Waals surface area contributed by atoms with Crippen LogP contribution in [-0.4, -0.2) is 44.7 Å². The van der Waals surface area contributed by atoms with Crippen molar-refractivity contribution in [1.82, 2.24) is 9.91 Å². The highest BCUT2D eigenvalue weighted by molar-refractivity contribution is 6.30. The second kappa shape index (κ2) is 11.8. The van der Waals surface area contributed by atoms with Gasteiger partial charge in [-0.3, -0.25) is 29.5 Å². The van der Waals surface area contributed by atoms with E-state index in [1.54, 1.807) is 43.3 Å². The van der Waals surface area contributed by atoms with Crippen LogP contribution >= 0.6 is 11.6 Å². The van der Waals surface area contributed by atoms with Crippen molar-refractivity contribution >= 4 is 40.9 Å². The van der Waals surface area contributed by atoms with Crippen LogP contribution in [0.2, 0.25) is 5.02 Å². The third-order valence-electron chi connectivity index (χ3n) is 11.8. The van der Waals surface area contributed by atoms with Crippen molar-refractivity contribution in [3.8, 4) is 5.75 Å². The normalized spacial score (nSPS) is 29.9. The molecule has 0 bridgehead atoms. The maximum absolute atomic E-state index is 15.2. The van der Waals surface area contributed by atoms with E-state index in [2.05, 4.69) is 5.43 Å². The number of phenolic OH excluding ortho intramolecular Hbond substituents is 1. The van der Waals surface area contributed by atoms with Crippen LogP contribution < -0.4 is 5.43 Å². The molecule has 5 aliphatic rings. The Bertz CT molecular complexity index is 1910. The predicted octanol–water partition coefficient (Wildman–Crippen LogP) is 6.81. The molecule has 10 heteroatoms. The Balaban J connectivity index is 1.31. The van der Waals surface area contributed by atoms with Crippen LogP contribution in [0.3, 0.4) is 0 Å². The number of phenols is 1. The second-order valence-electron chi connectivity index (χ2n) is 14.3. The van der Waals surface area contributed by atoms with Crippen LogP contribution in [0.15, 0.2) is 78.4 Å². The van der Waals surface area contributed by atoms with E-state index in [-0.39, 0.29) is 30.0 Å². The number of rotatable bonds is 5. The fraction of sp³-hybridized carbons (Fsp3) is 0.385. The number of benzene rings is 3. The largest absolute Gasteiger partial charge is 0.508 e. The van der Waals surface area contributed by atoms with Gasteiger partial charge in [-0.25, -0.2) is 4.39 Å². The number of nitrogens with zero attached hydrogens (tertiary/aromatic N) is 2. The highest BCUT2D eigenvalue weighted by atomic mass is 35.5. The van der Waals surface area contributed by atoms with E-state index in [9.17, 15) is 23.9 Å². The molecule has 4 fully saturated rings. The molecule has 0 spiro atoms. The number of anilines is 1. The minimum atomic E-state index is -1.46. The number of likely N-dealkylation sites (tertiary alicyclic amines) is 1. The zero-order chi connectivity index (χ0) is 34.2. The molecule has 3 aliphatic carbocycles. The number of halogens is 2. The number of hydrogen-bond donors (Lipinski definition) is 2. The molecule has 49 heavy (non-hydrogen) atoms. The SMILES string of the molecule is Cc1cc(C2C3=CCC4C(=O)N(C5CCCCC5)C(=O)C4C3CC3C(=O)N(Nc4ccc(F)cc4)C(=O)C32c2ccc(Cl)cc2)ccc1O. The molecule has 6 atom stereocenters. The van der Waals surface area contributed by atoms with E-state index >= 15 is 4.79 Å². The van der Waals surface area contributed by atoms with Gasteiger partial charge in [0, 0.05) is 17.0 Å². The molecule has 6 unspecified atom stereocenters. The predicted molar refractivity (Wildman–Crippen MR) is 181 cm³/mol. The fourth-order valence-electron chi connectivity index (χ4n) is 9.61. The number of imide groups is 2. The first-order valence-corrected chi connectivity index (χ1v) is 17.5. The van der Waals surface area contributed by atoms with Gasteiger partial charge in [-0.2, -0.15) is 5.01 Å². The Morgan fingerprint density at radius 3 is 2.29 bits per heavy atom. The van der Waals surface area contributed by atoms with Crippen LogP contribution in [-0.2, 0) is 24.6 Å². The van der Waals surface area contributed by atoms with Crippen LogP contribution in [0.25, 0.3) is 0 Å². The summed E-state index contributed by atoms with van der Waals surface area (Å²) in [6.45, 7) is 1.78. The molecule has 8 rings (SSSR count). The summed E-state index contributed by atoms with van der Waals surface area (Å²) in [5, 5.41) is 12.1. The van der Waals surface area contributed by atoms with Gasteiger partial charge >= 0.3 is 0 Å². The van der Waals surface area contributed by atoms with Gasteiger partial charge < -0.3 is 5.11 Å². The topological polar surface area (TPSA) is 107 Å². The molecule has 0 radical (unpaired) electrons. The lowest BCUT2D eigenvalue weighted by Gasteiger charge is -2.50. The van der Waals surface area contributed by atoms with Gasteiger partial charge in [0.05, 0.1) is 28.9 Å². The lowest BCUT2D eigenvalue weighted by molar-refractivity contribution is -0.144. The summed E-state index contributed by atoms with van der Waals surface area (Å²) in [6.07, 6.45) is 7.24. The monoisotopic (exact) mass is 681 g/mol. The summed E-state index contributed by atoms with van der Waals surface area (Å²) >= 11 is 6.36. The number of fused-ring (bicyclic) bond motifs is 4. The highest BCUT2D eigenvalue weighted by Crippen LogP contribution is 2.64. The standard InChI is InChI=1S/C39H37ClFN3O5/c1-21-19-22(7-18-32(21)45)34-28-16-17-29-33(37(48)43(35(29)46)27-5-3-2-4-6-27)30(28)20-31-36(47)44(42-26-14-12-25(41)13-15-26)38(49)39(31,34)23-8-10-24(40)11-9-23/h7-16,18-19,27,29-31,33-34,42,45H,2-6,17,20H2,1H3. The number of carbonyl (C=O) groups is 4. The van der Waals surface area contributed by atoms with E-state index in [1.165, 1.54) is 29.2 Å². The highest BCUT2D eigenvalue weighted by Gasteiger charge is 2.70. The summed E-state index contributed by atoms with van der Waals surface area (Å²) in [7, 11) is 0. The number of aromatic hydroxyl groups is 1. The van der Waals surface area contributed by atoms with Crippen molar-refractivity contribution < 1.29 is 28.7 Å². The third kappa shape index (κ3) is 4.76. The Labute approximate surface area is 288 Å². The van der Waals surface area contributed by atoms with E-state index in [0.717, 1.165) is 48.2 Å². The molecule has 2 aliphatic heterocycles. The lowest BCUT2D eigenvalue weighted by Crippen LogP contribution is -2.53. The van der Waals surface area contributed by atoms with Crippen LogP contribution in [0.1, 0.15) is 67.6 Å². The van der Waals surface area contributed by atoms with Crippen molar-refractivity contribution in [2.45, 2.75) is 69.2 Å². The number of amides is 4. The molecule has 3 aromatic rings. The average molecular weight is 682 g/mol. The number of carbonyl (C=O) groups excluding carboxylic acids is 4. The van der Waals surface area contributed by atoms with E-state index in [1.807, 2.05) is 12.1 Å². The Kier molecular flexibility index (Phi) is 7.66. The summed E-state index contributed by atoms with van der Waals surface area (Å²) in [4.78, 5) is 59.8. The molecule has 2 saturated carbocycles. The molecule has 0 aromatic heterocycles. The molecule has 2 heterocycles. The van der Waals surface area contributed by atoms with E-state index in [0.29, 0.717) is 28.3 Å². The molecule has 252 valence electrons. The van der Waals surface area contributed by atoms with Gasteiger partial charge in [0.2, 0.25) is 11.8 Å². The first kappa shape index (κ1) is 31.7. The molecular formula is C39H37ClFN3O5. The van der Waals surface area contributed by atoms with E-state index < -0.39 is 52.6 Å². The first-order chi connectivity index (χ1) is 23.6. The van der Waals surface area contributed by atoms with Crippen molar-refractivity contribution in [1.29, 1.82) is 0 Å². The number of nitrogens with one attached hydrogen (secondary N) is 1. The Morgan fingerprint density at radius 1 is 0.878 bits per heavy atom. The van der Waals surface area contributed by atoms with Gasteiger partial charge in [-0.1, -0.05) is 66.8 Å². The molecule has 3 aromatic carbocycles. The van der Waals surface area contributed by atoms with E-state index in [4.69, 9.17) is 11.6 Å². The molecule has 8 nitrogen and oxygen atoms in total. The zero-order valence-electron chi connectivity index (χ0n) is 27.1. The first-order valence-electron chi connectivity index (χ1n) is 17.1. The number of hydrogen-bond acceptors (Lipinski definition) is 6. The van der Waals surface area contributed by atoms with Gasteiger partial charge in [0.25, 0.3) is 11.8 Å². The minimum Gasteiger partial charge on any atom is -0.508 e. The second-order valence-corrected chi connectivity index (χ2v) is 14.7. The zero-order valence-corrected chi connectivity index (χ0v) is 27.8. The maximum atomic E-state index is 15.2. The van der Waals surface area contributed by atoms with Crippen molar-refractivity contribution in [2.24, 2.45) is 23.7 Å². The van der Waals surface area contributed by atoms with Crippen molar-refractivity contribution in [2.75, 3.05) is 5.43 Å². The average Bonchev–Trinajstić information content (AvgIpc) is 3.48. The summed E-state index contributed by atoms with van der Waals surface area (Å²) < 4.78 is 13.8. The quantitative estimate of drug-likeness (QED) is 0.226. The number of aryl methyl sites for hydroxylation is 1. The molecule has 2 saturated heterocycles. The van der Waals surface area contributed by atoms with Crippen LogP contribution in [0, 0.1) is 36.4 Å². The Hall–Kier alpha value is -4.50. The van der Waals surface area contributed by atoms with Gasteiger partial charge in [0.1, 0.15) is 11.6 Å². The number of hydrazine groups is 1. The summed E-state index contributed by atoms with van der Waals surface area (Å²) in [5.41, 5.74) is 4.65. The third-order valence-corrected chi connectivity index (χ3v) is 12.0. The minimum absolute atomic E-state index is 0.0963. The lowest BCUT2D eigenvalue weighted by atomic mass is 9.49. The van der Waals surface area contributed by atoms with Gasteiger partial charge in [0.15, 0.2) is 0 Å². The number of allylic oxidation sites excluding steroid dienone is 2. The summed E-state index contributed by atoms with van der Waals surface area (Å²) in [5.74, 6) is -4.85. The van der Waals surface area contributed by atoms with Crippen LogP contribution in [0.5, 0.6) is 5.75 Å². The Morgan fingerprint density at radius 2 is 1.59 bits per heavy atom. The summed E-state index contributed by atoms with van der Waals surface area (Å²) in [6, 6.07) is 17.5. The fourth-order valence-corrected chi connectivity index (χ4v) is 9.74. The van der Waals surface area contributed by atoms with Crippen molar-refractivity contribution in [3.05, 3.63) is 106 Å². The van der Waals surface area contributed by atoms with Crippen molar-refractivity contribution in [3.63, 3.8) is 0 Å². The van der Waals surface area contributed by atoms with Gasteiger partial charge in [-0.15, -0.1) is 0 Å². The molecule has 4 amide bonds. The smallest absolute Gasteiger partial charge is 0.260 e. The molecule has 2 N–H and O–H groups in total.